The number of nitrogens with one attached hydrogen (secondary N) is 1. The van der Waals surface area contributed by atoms with Gasteiger partial charge in [-0.2, -0.15) is 0 Å². The van der Waals surface area contributed by atoms with Crippen molar-refractivity contribution in [3.63, 3.8) is 0 Å². The van der Waals surface area contributed by atoms with E-state index in [0.717, 1.165) is 52.2 Å². The van der Waals surface area contributed by atoms with E-state index in [0.29, 0.717) is 6.61 Å². The Morgan fingerprint density at radius 1 is 1.39 bits per heavy atom. The van der Waals surface area contributed by atoms with Crippen molar-refractivity contribution in [3.8, 4) is 0 Å². The van der Waals surface area contributed by atoms with Crippen molar-refractivity contribution in [1.29, 1.82) is 0 Å². The average molecular weight is 258 g/mol. The van der Waals surface area contributed by atoms with E-state index in [9.17, 15) is 4.79 Å². The maximum absolute atomic E-state index is 11.7. The minimum atomic E-state index is -0.156. The third-order valence-electron chi connectivity index (χ3n) is 3.07. The van der Waals surface area contributed by atoms with E-state index in [1.807, 2.05) is 6.92 Å². The van der Waals surface area contributed by atoms with Crippen LogP contribution in [0.4, 0.5) is 0 Å². The molecule has 0 radical (unpaired) electrons. The summed E-state index contributed by atoms with van der Waals surface area (Å²) in [5.74, 6) is -0.124. The monoisotopic (exact) mass is 258 g/mol. The standard InChI is InChI=1S/C13H26N2O3/c1-3-5-12(13(16)18-4-2)14-6-7-15-8-10-17-11-9-15/h12,14H,3-11H2,1-2H3. The van der Waals surface area contributed by atoms with Crippen molar-refractivity contribution < 1.29 is 14.3 Å². The van der Waals surface area contributed by atoms with Gasteiger partial charge in [0.05, 0.1) is 19.8 Å². The molecule has 5 nitrogen and oxygen atoms in total. The van der Waals surface area contributed by atoms with Gasteiger partial charge in [0.2, 0.25) is 0 Å². The first-order valence-corrected chi connectivity index (χ1v) is 6.98. The topological polar surface area (TPSA) is 50.8 Å². The van der Waals surface area contributed by atoms with E-state index in [2.05, 4.69) is 17.1 Å². The Bertz CT molecular complexity index is 230. The molecule has 0 bridgehead atoms. The zero-order chi connectivity index (χ0) is 13.2. The molecule has 1 aliphatic heterocycles. The molecular weight excluding hydrogens is 232 g/mol. The molecule has 0 aliphatic carbocycles. The Morgan fingerprint density at radius 2 is 2.11 bits per heavy atom. The van der Waals surface area contributed by atoms with Crippen LogP contribution in [0, 0.1) is 0 Å². The molecule has 1 heterocycles. The lowest BCUT2D eigenvalue weighted by Gasteiger charge is -2.27. The number of carbonyl (C=O) groups excluding carboxylic acids is 1. The smallest absolute Gasteiger partial charge is 0.323 e. The van der Waals surface area contributed by atoms with Gasteiger partial charge in [-0.25, -0.2) is 0 Å². The Kier molecular flexibility index (Phi) is 7.96. The largest absolute Gasteiger partial charge is 0.465 e. The third kappa shape index (κ3) is 5.80. The number of hydrogen-bond acceptors (Lipinski definition) is 5. The summed E-state index contributed by atoms with van der Waals surface area (Å²) >= 11 is 0. The molecule has 0 spiro atoms. The molecule has 18 heavy (non-hydrogen) atoms. The molecule has 1 N–H and O–H groups in total. The van der Waals surface area contributed by atoms with E-state index in [-0.39, 0.29) is 12.0 Å². The lowest BCUT2D eigenvalue weighted by molar-refractivity contribution is -0.145. The Labute approximate surface area is 110 Å². The Balaban J connectivity index is 2.21. The number of esters is 1. The highest BCUT2D eigenvalue weighted by molar-refractivity contribution is 5.75. The molecule has 0 aromatic carbocycles. The van der Waals surface area contributed by atoms with Crippen LogP contribution in [-0.2, 0) is 14.3 Å². The number of morpholine rings is 1. The molecular formula is C13H26N2O3. The highest BCUT2D eigenvalue weighted by Crippen LogP contribution is 2.00. The highest BCUT2D eigenvalue weighted by atomic mass is 16.5. The summed E-state index contributed by atoms with van der Waals surface area (Å²) in [6, 6.07) is -0.156. The van der Waals surface area contributed by atoms with Gasteiger partial charge in [0, 0.05) is 26.2 Å². The molecule has 1 rings (SSSR count). The molecule has 5 heteroatoms. The lowest BCUT2D eigenvalue weighted by atomic mass is 10.1. The summed E-state index contributed by atoms with van der Waals surface area (Å²) in [6.45, 7) is 9.76. The Hall–Kier alpha value is -0.650. The van der Waals surface area contributed by atoms with E-state index < -0.39 is 0 Å². The third-order valence-corrected chi connectivity index (χ3v) is 3.07. The first-order valence-electron chi connectivity index (χ1n) is 6.98. The fourth-order valence-electron chi connectivity index (χ4n) is 2.06. The first-order chi connectivity index (χ1) is 8.77. The molecule has 0 aromatic heterocycles. The van der Waals surface area contributed by atoms with Crippen LogP contribution in [0.1, 0.15) is 26.7 Å². The van der Waals surface area contributed by atoms with Crippen molar-refractivity contribution in [3.05, 3.63) is 0 Å². The maximum Gasteiger partial charge on any atom is 0.323 e. The van der Waals surface area contributed by atoms with Gasteiger partial charge in [-0.1, -0.05) is 13.3 Å². The predicted molar refractivity (Wildman–Crippen MR) is 70.6 cm³/mol. The fraction of sp³-hybridized carbons (Fsp3) is 0.923. The molecule has 1 aliphatic rings. The number of hydrogen-bond donors (Lipinski definition) is 1. The van der Waals surface area contributed by atoms with Crippen molar-refractivity contribution in [2.75, 3.05) is 46.0 Å². The quantitative estimate of drug-likeness (QED) is 0.648. The molecule has 0 amide bonds. The van der Waals surface area contributed by atoms with Crippen LogP contribution in [-0.4, -0.2) is 62.9 Å². The number of carbonyl (C=O) groups is 1. The number of nitrogens with zero attached hydrogens (tertiary/aromatic N) is 1. The zero-order valence-electron chi connectivity index (χ0n) is 11.6. The van der Waals surface area contributed by atoms with Crippen LogP contribution < -0.4 is 5.32 Å². The van der Waals surface area contributed by atoms with E-state index >= 15 is 0 Å². The van der Waals surface area contributed by atoms with Crippen LogP contribution in [0.15, 0.2) is 0 Å². The van der Waals surface area contributed by atoms with E-state index in [1.54, 1.807) is 0 Å². The second-order valence-electron chi connectivity index (χ2n) is 4.50. The average Bonchev–Trinajstić information content (AvgIpc) is 2.39. The molecule has 0 saturated carbocycles. The molecule has 1 atom stereocenters. The van der Waals surface area contributed by atoms with Gasteiger partial charge in [-0.3, -0.25) is 9.69 Å². The summed E-state index contributed by atoms with van der Waals surface area (Å²) in [5.41, 5.74) is 0. The molecule has 106 valence electrons. The molecule has 1 saturated heterocycles. The maximum atomic E-state index is 11.7. The fourth-order valence-corrected chi connectivity index (χ4v) is 2.06. The van der Waals surface area contributed by atoms with Crippen LogP contribution >= 0.6 is 0 Å². The summed E-state index contributed by atoms with van der Waals surface area (Å²) < 4.78 is 10.4. The second kappa shape index (κ2) is 9.30. The first kappa shape index (κ1) is 15.4. The van der Waals surface area contributed by atoms with Gasteiger partial charge in [-0.15, -0.1) is 0 Å². The minimum absolute atomic E-state index is 0.124. The van der Waals surface area contributed by atoms with Crippen LogP contribution in [0.5, 0.6) is 0 Å². The van der Waals surface area contributed by atoms with Crippen LogP contribution in [0.2, 0.25) is 0 Å². The molecule has 1 fully saturated rings. The molecule has 1 unspecified atom stereocenters. The normalized spacial score (nSPS) is 18.6. The highest BCUT2D eigenvalue weighted by Gasteiger charge is 2.18. The number of rotatable bonds is 8. The SMILES string of the molecule is CCCC(NCCN1CCOCC1)C(=O)OCC. The van der Waals surface area contributed by atoms with Crippen LogP contribution in [0.3, 0.4) is 0 Å². The second-order valence-corrected chi connectivity index (χ2v) is 4.50. The van der Waals surface area contributed by atoms with Gasteiger partial charge in [-0.05, 0) is 13.3 Å². The summed E-state index contributed by atoms with van der Waals surface area (Å²) in [6.07, 6.45) is 1.82. The van der Waals surface area contributed by atoms with Gasteiger partial charge < -0.3 is 14.8 Å². The molecule has 0 aromatic rings. The lowest BCUT2D eigenvalue weighted by Crippen LogP contribution is -2.44. The van der Waals surface area contributed by atoms with E-state index in [1.165, 1.54) is 0 Å². The summed E-state index contributed by atoms with van der Waals surface area (Å²) in [5, 5.41) is 3.30. The van der Waals surface area contributed by atoms with Crippen LogP contribution in [0.25, 0.3) is 0 Å². The van der Waals surface area contributed by atoms with Crippen molar-refractivity contribution in [1.82, 2.24) is 10.2 Å². The minimum Gasteiger partial charge on any atom is -0.465 e. The zero-order valence-corrected chi connectivity index (χ0v) is 11.6. The van der Waals surface area contributed by atoms with E-state index in [4.69, 9.17) is 9.47 Å². The van der Waals surface area contributed by atoms with Gasteiger partial charge in [0.1, 0.15) is 6.04 Å². The van der Waals surface area contributed by atoms with Crippen molar-refractivity contribution in [2.45, 2.75) is 32.7 Å². The summed E-state index contributed by atoms with van der Waals surface area (Å²) in [7, 11) is 0. The van der Waals surface area contributed by atoms with Gasteiger partial charge in [0.15, 0.2) is 0 Å². The Morgan fingerprint density at radius 3 is 2.72 bits per heavy atom. The number of ether oxygens (including phenoxy) is 2. The van der Waals surface area contributed by atoms with Gasteiger partial charge >= 0.3 is 5.97 Å². The summed E-state index contributed by atoms with van der Waals surface area (Å²) in [4.78, 5) is 14.0. The van der Waals surface area contributed by atoms with Crippen molar-refractivity contribution >= 4 is 5.97 Å². The predicted octanol–water partition coefficient (Wildman–Crippen LogP) is 0.640. The van der Waals surface area contributed by atoms with Gasteiger partial charge in [0.25, 0.3) is 0 Å². The van der Waals surface area contributed by atoms with Crippen molar-refractivity contribution in [2.24, 2.45) is 0 Å².